The van der Waals surface area contributed by atoms with Crippen molar-refractivity contribution in [2.75, 3.05) is 12.4 Å². The Bertz CT molecular complexity index is 1320. The van der Waals surface area contributed by atoms with Crippen LogP contribution in [0.5, 0.6) is 5.75 Å². The summed E-state index contributed by atoms with van der Waals surface area (Å²) in [7, 11) is 1.48. The van der Waals surface area contributed by atoms with Crippen molar-refractivity contribution in [3.05, 3.63) is 76.3 Å². The van der Waals surface area contributed by atoms with Crippen LogP contribution >= 0.6 is 23.2 Å². The van der Waals surface area contributed by atoms with Gasteiger partial charge in [0.2, 0.25) is 11.8 Å². The van der Waals surface area contributed by atoms with Crippen LogP contribution in [-0.2, 0) is 4.79 Å². The average molecular weight is 458 g/mol. The molecule has 0 radical (unpaired) electrons. The molecule has 0 aliphatic carbocycles. The summed E-state index contributed by atoms with van der Waals surface area (Å²) in [5, 5.41) is 3.51. The first-order valence-electron chi connectivity index (χ1n) is 8.96. The van der Waals surface area contributed by atoms with Crippen LogP contribution in [0.25, 0.3) is 28.6 Å². The second kappa shape index (κ2) is 8.75. The molecule has 0 aliphatic rings. The lowest BCUT2D eigenvalue weighted by Gasteiger charge is -2.08. The molecule has 4 rings (SSSR count). The predicted octanol–water partition coefficient (Wildman–Crippen LogP) is 6.00. The Kier molecular flexibility index (Phi) is 5.88. The number of fused-ring (bicyclic) bond motifs is 1. The summed E-state index contributed by atoms with van der Waals surface area (Å²) < 4.78 is 24.3. The Morgan fingerprint density at radius 3 is 2.81 bits per heavy atom. The standard InChI is InChI=1S/C22H14Cl2FN3O3/c1-30-21-12(6-14(23)8-17(21)24)2-5-20(29)27-16-3-4-19-18(9-16)28-22(31-19)13-7-15(25)11-26-10-13/h2-11H,1H3,(H,27,29). The minimum atomic E-state index is -0.489. The van der Waals surface area contributed by atoms with E-state index in [1.165, 1.54) is 25.4 Å². The summed E-state index contributed by atoms with van der Waals surface area (Å²) in [5.41, 5.74) is 2.49. The molecule has 1 amide bonds. The number of hydrogen-bond donors (Lipinski definition) is 1. The maximum Gasteiger partial charge on any atom is 0.248 e. The van der Waals surface area contributed by atoms with E-state index in [2.05, 4.69) is 15.3 Å². The second-order valence-electron chi connectivity index (χ2n) is 6.43. The SMILES string of the molecule is COc1c(Cl)cc(Cl)cc1C=CC(=O)Nc1ccc2oc(-c3cncc(F)c3)nc2c1. The third kappa shape index (κ3) is 4.68. The van der Waals surface area contributed by atoms with E-state index in [1.807, 2.05) is 0 Å². The third-order valence-electron chi connectivity index (χ3n) is 4.26. The number of nitrogens with one attached hydrogen (secondary N) is 1. The largest absolute Gasteiger partial charge is 0.495 e. The number of rotatable bonds is 5. The van der Waals surface area contributed by atoms with Gasteiger partial charge in [-0.2, -0.15) is 0 Å². The van der Waals surface area contributed by atoms with Gasteiger partial charge in [0.25, 0.3) is 0 Å². The van der Waals surface area contributed by atoms with Gasteiger partial charge in [-0.15, -0.1) is 0 Å². The predicted molar refractivity (Wildman–Crippen MR) is 118 cm³/mol. The number of ether oxygens (including phenoxy) is 1. The Balaban J connectivity index is 1.53. The van der Waals surface area contributed by atoms with Crippen molar-refractivity contribution >= 4 is 52.0 Å². The monoisotopic (exact) mass is 457 g/mol. The zero-order chi connectivity index (χ0) is 22.0. The highest BCUT2D eigenvalue weighted by Crippen LogP contribution is 2.33. The smallest absolute Gasteiger partial charge is 0.248 e. The van der Waals surface area contributed by atoms with E-state index < -0.39 is 5.82 Å². The lowest BCUT2D eigenvalue weighted by atomic mass is 10.2. The number of nitrogens with zero attached hydrogens (tertiary/aromatic N) is 2. The lowest BCUT2D eigenvalue weighted by Crippen LogP contribution is -2.07. The number of carbonyl (C=O) groups excluding carboxylic acids is 1. The van der Waals surface area contributed by atoms with Gasteiger partial charge in [0.15, 0.2) is 5.58 Å². The molecule has 0 spiro atoms. The Morgan fingerprint density at radius 2 is 2.03 bits per heavy atom. The minimum Gasteiger partial charge on any atom is -0.495 e. The number of anilines is 1. The molecule has 0 saturated heterocycles. The summed E-state index contributed by atoms with van der Waals surface area (Å²) in [6, 6.07) is 9.46. The van der Waals surface area contributed by atoms with E-state index in [4.69, 9.17) is 32.4 Å². The van der Waals surface area contributed by atoms with Crippen LogP contribution in [0.4, 0.5) is 10.1 Å². The molecule has 2 aromatic heterocycles. The zero-order valence-corrected chi connectivity index (χ0v) is 17.5. The third-order valence-corrected chi connectivity index (χ3v) is 4.76. The van der Waals surface area contributed by atoms with E-state index in [9.17, 15) is 9.18 Å². The van der Waals surface area contributed by atoms with Crippen LogP contribution in [0, 0.1) is 5.82 Å². The van der Waals surface area contributed by atoms with Gasteiger partial charge in [-0.1, -0.05) is 23.2 Å². The average Bonchev–Trinajstić information content (AvgIpc) is 3.15. The molecule has 4 aromatic rings. The minimum absolute atomic E-state index is 0.232. The van der Waals surface area contributed by atoms with Gasteiger partial charge in [0.05, 0.1) is 23.9 Å². The lowest BCUT2D eigenvalue weighted by molar-refractivity contribution is -0.111. The van der Waals surface area contributed by atoms with Crippen molar-refractivity contribution in [3.63, 3.8) is 0 Å². The Morgan fingerprint density at radius 1 is 1.19 bits per heavy atom. The Labute approximate surface area is 186 Å². The van der Waals surface area contributed by atoms with Gasteiger partial charge in [-0.05, 0) is 42.5 Å². The van der Waals surface area contributed by atoms with Gasteiger partial charge >= 0.3 is 0 Å². The highest BCUT2D eigenvalue weighted by Gasteiger charge is 2.11. The fourth-order valence-electron chi connectivity index (χ4n) is 2.93. The van der Waals surface area contributed by atoms with Crippen LogP contribution in [0.1, 0.15) is 5.56 Å². The van der Waals surface area contributed by atoms with Crippen LogP contribution in [0.2, 0.25) is 10.0 Å². The summed E-state index contributed by atoms with van der Waals surface area (Å²) in [6.45, 7) is 0. The summed E-state index contributed by atoms with van der Waals surface area (Å²) in [6.07, 6.45) is 5.44. The fourth-order valence-corrected chi connectivity index (χ4v) is 3.51. The second-order valence-corrected chi connectivity index (χ2v) is 7.27. The molecule has 1 N–H and O–H groups in total. The normalized spacial score (nSPS) is 11.2. The molecule has 156 valence electrons. The molecule has 0 unspecified atom stereocenters. The molecule has 31 heavy (non-hydrogen) atoms. The van der Waals surface area contributed by atoms with Crippen molar-refractivity contribution in [1.29, 1.82) is 0 Å². The molecule has 0 saturated carbocycles. The van der Waals surface area contributed by atoms with Crippen LogP contribution in [-0.4, -0.2) is 23.0 Å². The maximum absolute atomic E-state index is 13.4. The Hall–Kier alpha value is -3.42. The quantitative estimate of drug-likeness (QED) is 0.372. The highest BCUT2D eigenvalue weighted by molar-refractivity contribution is 6.36. The number of amides is 1. The van der Waals surface area contributed by atoms with Gasteiger partial charge < -0.3 is 14.5 Å². The van der Waals surface area contributed by atoms with Crippen molar-refractivity contribution in [1.82, 2.24) is 9.97 Å². The van der Waals surface area contributed by atoms with Crippen molar-refractivity contribution in [2.45, 2.75) is 0 Å². The molecule has 2 heterocycles. The summed E-state index contributed by atoms with van der Waals surface area (Å²) in [4.78, 5) is 20.5. The number of hydrogen-bond acceptors (Lipinski definition) is 5. The van der Waals surface area contributed by atoms with Gasteiger partial charge in [0.1, 0.15) is 17.1 Å². The molecule has 0 aliphatic heterocycles. The number of pyridine rings is 1. The molecular formula is C22H14Cl2FN3O3. The molecular weight excluding hydrogens is 444 g/mol. The molecule has 0 bridgehead atoms. The molecule has 0 fully saturated rings. The molecule has 6 nitrogen and oxygen atoms in total. The van der Waals surface area contributed by atoms with E-state index >= 15 is 0 Å². The van der Waals surface area contributed by atoms with Crippen LogP contribution in [0.3, 0.4) is 0 Å². The van der Waals surface area contributed by atoms with E-state index in [1.54, 1.807) is 36.4 Å². The molecule has 2 aromatic carbocycles. The zero-order valence-electron chi connectivity index (χ0n) is 16.0. The van der Waals surface area contributed by atoms with Crippen LogP contribution < -0.4 is 10.1 Å². The van der Waals surface area contributed by atoms with E-state index in [0.29, 0.717) is 43.7 Å². The summed E-state index contributed by atoms with van der Waals surface area (Å²) >= 11 is 12.1. The first kappa shape index (κ1) is 20.8. The van der Waals surface area contributed by atoms with Gasteiger partial charge in [-0.25, -0.2) is 9.37 Å². The van der Waals surface area contributed by atoms with E-state index in [0.717, 1.165) is 6.20 Å². The molecule has 0 atom stereocenters. The number of methoxy groups -OCH3 is 1. The first-order valence-corrected chi connectivity index (χ1v) is 9.72. The first-order chi connectivity index (χ1) is 14.9. The number of carbonyl (C=O) groups is 1. The number of benzene rings is 2. The number of halogens is 3. The highest BCUT2D eigenvalue weighted by atomic mass is 35.5. The number of aromatic nitrogens is 2. The van der Waals surface area contributed by atoms with Crippen molar-refractivity contribution < 1.29 is 18.3 Å². The van der Waals surface area contributed by atoms with Gasteiger partial charge in [0, 0.05) is 28.5 Å². The van der Waals surface area contributed by atoms with Crippen molar-refractivity contribution in [2.24, 2.45) is 0 Å². The van der Waals surface area contributed by atoms with Crippen LogP contribution in [0.15, 0.2) is 59.3 Å². The van der Waals surface area contributed by atoms with Gasteiger partial charge in [-0.3, -0.25) is 9.78 Å². The number of oxazole rings is 1. The fraction of sp³-hybridized carbons (Fsp3) is 0.0455. The summed E-state index contributed by atoms with van der Waals surface area (Å²) in [5.74, 6) is -0.221. The topological polar surface area (TPSA) is 77.2 Å². The van der Waals surface area contributed by atoms with Crippen molar-refractivity contribution in [3.8, 4) is 17.2 Å². The molecule has 9 heteroatoms. The maximum atomic E-state index is 13.4. The van der Waals surface area contributed by atoms with E-state index in [-0.39, 0.29) is 11.8 Å².